The van der Waals surface area contributed by atoms with Gasteiger partial charge in [0.1, 0.15) is 5.75 Å². The maximum Gasteiger partial charge on any atom is 0.417 e. The number of benzene rings is 1. The molecule has 0 aliphatic carbocycles. The zero-order valence-corrected chi connectivity index (χ0v) is 11.0. The van der Waals surface area contributed by atoms with Crippen LogP contribution in [0.15, 0.2) is 42.0 Å². The van der Waals surface area contributed by atoms with Crippen molar-refractivity contribution in [2.75, 3.05) is 5.32 Å². The van der Waals surface area contributed by atoms with Crippen LogP contribution in [0.5, 0.6) is 5.75 Å². The van der Waals surface area contributed by atoms with Crippen molar-refractivity contribution in [3.63, 3.8) is 0 Å². The van der Waals surface area contributed by atoms with Crippen molar-refractivity contribution in [1.82, 2.24) is 9.55 Å². The molecule has 5 nitrogen and oxygen atoms in total. The van der Waals surface area contributed by atoms with Crippen LogP contribution in [0.4, 0.5) is 9.80 Å². The number of rotatable bonds is 2. The summed E-state index contributed by atoms with van der Waals surface area (Å²) >= 11 is 1.44. The lowest BCUT2D eigenvalue weighted by Crippen LogP contribution is -2.15. The predicted molar refractivity (Wildman–Crippen MR) is 74.7 cm³/mol. The number of imidazole rings is 1. The molecule has 1 amide bonds. The van der Waals surface area contributed by atoms with E-state index in [1.165, 1.54) is 11.3 Å². The first-order chi connectivity index (χ1) is 9.22. The van der Waals surface area contributed by atoms with Gasteiger partial charge in [-0.1, -0.05) is 0 Å². The molecule has 96 valence electrons. The molecular weight excluding hydrogens is 262 g/mol. The second-order valence-corrected chi connectivity index (χ2v) is 4.95. The van der Waals surface area contributed by atoms with Crippen molar-refractivity contribution in [2.45, 2.75) is 0 Å². The Morgan fingerprint density at radius 2 is 2.32 bits per heavy atom. The number of ether oxygens (including phenoxy) is 1. The highest BCUT2D eigenvalue weighted by Gasteiger charge is 2.07. The minimum Gasteiger partial charge on any atom is -0.410 e. The van der Waals surface area contributed by atoms with Crippen LogP contribution in [0.25, 0.3) is 11.0 Å². The molecule has 2 aromatic heterocycles. The van der Waals surface area contributed by atoms with Gasteiger partial charge in [0, 0.05) is 13.1 Å². The van der Waals surface area contributed by atoms with Crippen molar-refractivity contribution in [3.05, 3.63) is 42.0 Å². The molecule has 19 heavy (non-hydrogen) atoms. The van der Waals surface area contributed by atoms with Crippen LogP contribution in [-0.2, 0) is 7.05 Å². The van der Waals surface area contributed by atoms with Gasteiger partial charge in [0.25, 0.3) is 0 Å². The Kier molecular flexibility index (Phi) is 2.92. The fourth-order valence-electron chi connectivity index (χ4n) is 1.76. The van der Waals surface area contributed by atoms with Gasteiger partial charge in [-0.2, -0.15) is 0 Å². The molecule has 0 saturated heterocycles. The third kappa shape index (κ3) is 2.43. The minimum atomic E-state index is -0.502. The van der Waals surface area contributed by atoms with Gasteiger partial charge in [0.2, 0.25) is 0 Å². The zero-order chi connectivity index (χ0) is 13.2. The summed E-state index contributed by atoms with van der Waals surface area (Å²) in [5, 5.41) is 5.29. The standard InChI is InChI=1S/C13H11N3O2S/c1-16-8-14-10-7-9(4-5-11(10)16)18-13(17)15-12-3-2-6-19-12/h2-8H,1H3,(H,15,17). The molecule has 6 heteroatoms. The largest absolute Gasteiger partial charge is 0.417 e. The van der Waals surface area contributed by atoms with Crippen LogP contribution in [-0.4, -0.2) is 15.6 Å². The van der Waals surface area contributed by atoms with E-state index >= 15 is 0 Å². The van der Waals surface area contributed by atoms with Gasteiger partial charge in [-0.25, -0.2) is 9.78 Å². The van der Waals surface area contributed by atoms with Gasteiger partial charge in [0.05, 0.1) is 22.4 Å². The highest BCUT2D eigenvalue weighted by Crippen LogP contribution is 2.20. The fraction of sp³-hybridized carbons (Fsp3) is 0.0769. The number of amides is 1. The molecule has 0 aliphatic heterocycles. The molecular formula is C13H11N3O2S. The summed E-state index contributed by atoms with van der Waals surface area (Å²) in [5.74, 6) is 0.472. The number of hydrogen-bond donors (Lipinski definition) is 1. The zero-order valence-electron chi connectivity index (χ0n) is 10.2. The number of hydrogen-bond acceptors (Lipinski definition) is 4. The molecule has 2 heterocycles. The van der Waals surface area contributed by atoms with E-state index in [-0.39, 0.29) is 0 Å². The maximum atomic E-state index is 11.7. The van der Waals surface area contributed by atoms with Crippen molar-refractivity contribution in [2.24, 2.45) is 7.05 Å². The van der Waals surface area contributed by atoms with Crippen molar-refractivity contribution in [3.8, 4) is 5.75 Å². The highest BCUT2D eigenvalue weighted by molar-refractivity contribution is 7.14. The van der Waals surface area contributed by atoms with Crippen molar-refractivity contribution in [1.29, 1.82) is 0 Å². The molecule has 0 unspecified atom stereocenters. The normalized spacial score (nSPS) is 10.6. The van der Waals surface area contributed by atoms with Crippen LogP contribution in [0.1, 0.15) is 0 Å². The summed E-state index contributed by atoms with van der Waals surface area (Å²) in [4.78, 5) is 15.9. The van der Waals surface area contributed by atoms with E-state index in [0.29, 0.717) is 5.75 Å². The Balaban J connectivity index is 1.75. The van der Waals surface area contributed by atoms with Gasteiger partial charge in [-0.05, 0) is 29.6 Å². The molecule has 0 radical (unpaired) electrons. The highest BCUT2D eigenvalue weighted by atomic mass is 32.1. The van der Waals surface area contributed by atoms with E-state index in [1.54, 1.807) is 18.5 Å². The van der Waals surface area contributed by atoms with Crippen LogP contribution in [0.3, 0.4) is 0 Å². The van der Waals surface area contributed by atoms with Gasteiger partial charge in [0.15, 0.2) is 0 Å². The number of anilines is 1. The van der Waals surface area contributed by atoms with Gasteiger partial charge in [-0.3, -0.25) is 5.32 Å². The van der Waals surface area contributed by atoms with Crippen LogP contribution >= 0.6 is 11.3 Å². The number of carbonyl (C=O) groups is 1. The first kappa shape index (κ1) is 11.7. The van der Waals surface area contributed by atoms with Crippen molar-refractivity contribution < 1.29 is 9.53 Å². The number of fused-ring (bicyclic) bond motifs is 1. The lowest BCUT2D eigenvalue weighted by atomic mass is 10.3. The summed E-state index contributed by atoms with van der Waals surface area (Å²) < 4.78 is 7.12. The number of aromatic nitrogens is 2. The average Bonchev–Trinajstić information content (AvgIpc) is 3.00. The number of aryl methyl sites for hydroxylation is 1. The van der Waals surface area contributed by atoms with E-state index < -0.39 is 6.09 Å². The smallest absolute Gasteiger partial charge is 0.410 e. The van der Waals surface area contributed by atoms with E-state index in [0.717, 1.165) is 16.0 Å². The molecule has 0 aliphatic rings. The molecule has 0 atom stereocenters. The van der Waals surface area contributed by atoms with E-state index in [2.05, 4.69) is 10.3 Å². The predicted octanol–water partition coefficient (Wildman–Crippen LogP) is 3.25. The molecule has 1 aromatic carbocycles. The average molecular weight is 273 g/mol. The van der Waals surface area contributed by atoms with Crippen LogP contribution in [0.2, 0.25) is 0 Å². The van der Waals surface area contributed by atoms with E-state index in [9.17, 15) is 4.79 Å². The van der Waals surface area contributed by atoms with Crippen LogP contribution < -0.4 is 10.1 Å². The van der Waals surface area contributed by atoms with Gasteiger partial charge >= 0.3 is 6.09 Å². The number of nitrogens with zero attached hydrogens (tertiary/aromatic N) is 2. The SMILES string of the molecule is Cn1cnc2cc(OC(=O)Nc3cccs3)ccc21. The Hall–Kier alpha value is -2.34. The third-order valence-electron chi connectivity index (χ3n) is 2.65. The third-order valence-corrected chi connectivity index (χ3v) is 3.44. The van der Waals surface area contributed by atoms with Gasteiger partial charge < -0.3 is 9.30 Å². The quantitative estimate of drug-likeness (QED) is 0.779. The second-order valence-electron chi connectivity index (χ2n) is 4.00. The summed E-state index contributed by atoms with van der Waals surface area (Å²) in [6, 6.07) is 9.03. The summed E-state index contributed by atoms with van der Waals surface area (Å²) in [5.41, 5.74) is 1.79. The Morgan fingerprint density at radius 1 is 1.42 bits per heavy atom. The Morgan fingerprint density at radius 3 is 3.11 bits per heavy atom. The Labute approximate surface area is 113 Å². The molecule has 0 bridgehead atoms. The van der Waals surface area contributed by atoms with Crippen LogP contribution in [0, 0.1) is 0 Å². The number of thiophene rings is 1. The van der Waals surface area contributed by atoms with E-state index in [1.807, 2.05) is 35.2 Å². The molecule has 0 fully saturated rings. The first-order valence-corrected chi connectivity index (χ1v) is 6.54. The monoisotopic (exact) mass is 273 g/mol. The molecule has 3 rings (SSSR count). The number of nitrogens with one attached hydrogen (secondary N) is 1. The maximum absolute atomic E-state index is 11.7. The first-order valence-electron chi connectivity index (χ1n) is 5.66. The lowest BCUT2D eigenvalue weighted by Gasteiger charge is -2.04. The summed E-state index contributed by atoms with van der Waals surface area (Å²) in [7, 11) is 1.92. The molecule has 0 spiro atoms. The number of carbonyl (C=O) groups excluding carboxylic acids is 1. The topological polar surface area (TPSA) is 56.2 Å². The molecule has 1 N–H and O–H groups in total. The summed E-state index contributed by atoms with van der Waals surface area (Å²) in [6.45, 7) is 0. The van der Waals surface area contributed by atoms with Crippen molar-refractivity contribution >= 4 is 33.5 Å². The van der Waals surface area contributed by atoms with E-state index in [4.69, 9.17) is 4.74 Å². The lowest BCUT2D eigenvalue weighted by molar-refractivity contribution is 0.215. The molecule has 0 saturated carbocycles. The Bertz CT molecular complexity index is 719. The summed E-state index contributed by atoms with van der Waals surface area (Å²) in [6.07, 6.45) is 1.22. The minimum absolute atomic E-state index is 0.472. The second kappa shape index (κ2) is 4.74. The fourth-order valence-corrected chi connectivity index (χ4v) is 2.37. The van der Waals surface area contributed by atoms with Gasteiger partial charge in [-0.15, -0.1) is 11.3 Å². The molecule has 3 aromatic rings.